The van der Waals surface area contributed by atoms with Crippen LogP contribution >= 0.6 is 0 Å². The van der Waals surface area contributed by atoms with Gasteiger partial charge in [-0.15, -0.1) is 0 Å². The maximum Gasteiger partial charge on any atom is 0.239 e. The minimum absolute atomic E-state index is 0.00488. The van der Waals surface area contributed by atoms with Crippen LogP contribution in [0.15, 0.2) is 0 Å². The van der Waals surface area contributed by atoms with Crippen molar-refractivity contribution in [1.29, 1.82) is 0 Å². The molecule has 1 heterocycles. The zero-order chi connectivity index (χ0) is 12.5. The SMILES string of the molecule is CCCCCCN[C@H](C)C(=O)N1CCCCC1. The smallest absolute Gasteiger partial charge is 0.239 e. The van der Waals surface area contributed by atoms with E-state index >= 15 is 0 Å². The van der Waals surface area contributed by atoms with Gasteiger partial charge in [-0.1, -0.05) is 26.2 Å². The maximum atomic E-state index is 12.1. The molecule has 1 amide bonds. The first-order valence-electron chi connectivity index (χ1n) is 7.28. The lowest BCUT2D eigenvalue weighted by Crippen LogP contribution is -2.47. The lowest BCUT2D eigenvalue weighted by molar-refractivity contribution is -0.133. The molecule has 0 aromatic carbocycles. The molecule has 1 aliphatic heterocycles. The minimum atomic E-state index is -0.00488. The Bertz CT molecular complexity index is 212. The number of nitrogens with one attached hydrogen (secondary N) is 1. The standard InChI is InChI=1S/C14H28N2O/c1-3-4-5-7-10-15-13(2)14(17)16-11-8-6-9-12-16/h13,15H,3-12H2,1-2H3/t13-/m1/s1. The third-order valence-electron chi connectivity index (χ3n) is 3.52. The number of likely N-dealkylation sites (tertiary alicyclic amines) is 1. The summed E-state index contributed by atoms with van der Waals surface area (Å²) in [4.78, 5) is 14.1. The number of amides is 1. The van der Waals surface area contributed by atoms with E-state index in [1.54, 1.807) is 0 Å². The van der Waals surface area contributed by atoms with Gasteiger partial charge < -0.3 is 10.2 Å². The summed E-state index contributed by atoms with van der Waals surface area (Å²) < 4.78 is 0. The van der Waals surface area contributed by atoms with E-state index in [1.807, 2.05) is 11.8 Å². The number of piperidine rings is 1. The molecule has 1 aliphatic rings. The second-order valence-electron chi connectivity index (χ2n) is 5.12. The van der Waals surface area contributed by atoms with Crippen LogP contribution in [0.2, 0.25) is 0 Å². The first kappa shape index (κ1) is 14.5. The summed E-state index contributed by atoms with van der Waals surface area (Å²) in [6.07, 6.45) is 8.66. The van der Waals surface area contributed by atoms with Gasteiger partial charge in [0.2, 0.25) is 5.91 Å². The molecule has 0 bridgehead atoms. The van der Waals surface area contributed by atoms with E-state index in [1.165, 1.54) is 44.9 Å². The van der Waals surface area contributed by atoms with Gasteiger partial charge in [-0.25, -0.2) is 0 Å². The zero-order valence-corrected chi connectivity index (χ0v) is 11.5. The predicted octanol–water partition coefficient (Wildman–Crippen LogP) is 2.56. The molecule has 0 unspecified atom stereocenters. The predicted molar refractivity (Wildman–Crippen MR) is 72.0 cm³/mol. The molecule has 1 atom stereocenters. The minimum Gasteiger partial charge on any atom is -0.341 e. The average molecular weight is 240 g/mol. The second-order valence-corrected chi connectivity index (χ2v) is 5.12. The maximum absolute atomic E-state index is 12.1. The number of nitrogens with zero attached hydrogens (tertiary/aromatic N) is 1. The topological polar surface area (TPSA) is 32.3 Å². The molecular weight excluding hydrogens is 212 g/mol. The van der Waals surface area contributed by atoms with E-state index in [4.69, 9.17) is 0 Å². The van der Waals surface area contributed by atoms with E-state index in [-0.39, 0.29) is 6.04 Å². The summed E-state index contributed by atoms with van der Waals surface area (Å²) in [5, 5.41) is 3.35. The lowest BCUT2D eigenvalue weighted by atomic mass is 10.1. The molecule has 0 saturated carbocycles. The highest BCUT2D eigenvalue weighted by Crippen LogP contribution is 2.10. The Labute approximate surface area is 106 Å². The first-order valence-corrected chi connectivity index (χ1v) is 7.28. The van der Waals surface area contributed by atoms with Gasteiger partial charge in [-0.05, 0) is 39.2 Å². The number of hydrogen-bond acceptors (Lipinski definition) is 2. The third kappa shape index (κ3) is 5.53. The molecule has 0 aromatic rings. The normalized spacial score (nSPS) is 18.1. The van der Waals surface area contributed by atoms with Crippen LogP contribution in [0.25, 0.3) is 0 Å². The van der Waals surface area contributed by atoms with Gasteiger partial charge in [0.1, 0.15) is 0 Å². The summed E-state index contributed by atoms with van der Waals surface area (Å²) in [5.41, 5.74) is 0. The van der Waals surface area contributed by atoms with Crippen LogP contribution in [0.3, 0.4) is 0 Å². The van der Waals surface area contributed by atoms with E-state index < -0.39 is 0 Å². The van der Waals surface area contributed by atoms with Crippen molar-refractivity contribution in [1.82, 2.24) is 10.2 Å². The van der Waals surface area contributed by atoms with Gasteiger partial charge >= 0.3 is 0 Å². The molecular formula is C14H28N2O. The average Bonchev–Trinajstić information content (AvgIpc) is 2.38. The lowest BCUT2D eigenvalue weighted by Gasteiger charge is -2.29. The second kappa shape index (κ2) is 8.51. The van der Waals surface area contributed by atoms with Gasteiger partial charge in [0, 0.05) is 13.1 Å². The molecule has 1 fully saturated rings. The molecule has 3 nitrogen and oxygen atoms in total. The Morgan fingerprint density at radius 3 is 2.53 bits per heavy atom. The molecule has 0 aromatic heterocycles. The van der Waals surface area contributed by atoms with Crippen molar-refractivity contribution in [2.45, 2.75) is 64.8 Å². The Morgan fingerprint density at radius 2 is 1.88 bits per heavy atom. The fourth-order valence-electron chi connectivity index (χ4n) is 2.35. The molecule has 0 radical (unpaired) electrons. The highest BCUT2D eigenvalue weighted by atomic mass is 16.2. The largest absolute Gasteiger partial charge is 0.341 e. The van der Waals surface area contributed by atoms with Crippen molar-refractivity contribution in [3.8, 4) is 0 Å². The van der Waals surface area contributed by atoms with E-state index in [9.17, 15) is 4.79 Å². The molecule has 1 saturated heterocycles. The van der Waals surface area contributed by atoms with Gasteiger partial charge in [-0.2, -0.15) is 0 Å². The van der Waals surface area contributed by atoms with Gasteiger partial charge in [0.25, 0.3) is 0 Å². The fraction of sp³-hybridized carbons (Fsp3) is 0.929. The number of unbranched alkanes of at least 4 members (excludes halogenated alkanes) is 3. The van der Waals surface area contributed by atoms with Gasteiger partial charge in [0.05, 0.1) is 6.04 Å². The quantitative estimate of drug-likeness (QED) is 0.694. The number of carbonyl (C=O) groups excluding carboxylic acids is 1. The summed E-state index contributed by atoms with van der Waals surface area (Å²) >= 11 is 0. The van der Waals surface area contributed by atoms with Gasteiger partial charge in [0.15, 0.2) is 0 Å². The number of carbonyl (C=O) groups is 1. The van der Waals surface area contributed by atoms with Crippen LogP contribution in [0, 0.1) is 0 Å². The number of rotatable bonds is 7. The highest BCUT2D eigenvalue weighted by Gasteiger charge is 2.21. The van der Waals surface area contributed by atoms with Crippen molar-refractivity contribution >= 4 is 5.91 Å². The van der Waals surface area contributed by atoms with E-state index in [0.717, 1.165) is 19.6 Å². The van der Waals surface area contributed by atoms with E-state index in [0.29, 0.717) is 5.91 Å². The molecule has 1 N–H and O–H groups in total. The van der Waals surface area contributed by atoms with Crippen LogP contribution in [-0.4, -0.2) is 36.5 Å². The van der Waals surface area contributed by atoms with Crippen molar-refractivity contribution in [3.05, 3.63) is 0 Å². The molecule has 0 aliphatic carbocycles. The Balaban J connectivity index is 2.12. The summed E-state index contributed by atoms with van der Waals surface area (Å²) in [7, 11) is 0. The van der Waals surface area contributed by atoms with Crippen molar-refractivity contribution in [3.63, 3.8) is 0 Å². The van der Waals surface area contributed by atoms with Crippen LogP contribution < -0.4 is 5.32 Å². The number of hydrogen-bond donors (Lipinski definition) is 1. The molecule has 3 heteroatoms. The van der Waals surface area contributed by atoms with E-state index in [2.05, 4.69) is 12.2 Å². The first-order chi connectivity index (χ1) is 8.25. The monoisotopic (exact) mass is 240 g/mol. The summed E-state index contributed by atoms with van der Waals surface area (Å²) in [5.74, 6) is 0.292. The molecule has 0 spiro atoms. The zero-order valence-electron chi connectivity index (χ0n) is 11.5. The van der Waals surface area contributed by atoms with Crippen LogP contribution in [0.5, 0.6) is 0 Å². The Kier molecular flexibility index (Phi) is 7.25. The molecule has 17 heavy (non-hydrogen) atoms. The fourth-order valence-corrected chi connectivity index (χ4v) is 2.35. The van der Waals surface area contributed by atoms with Crippen LogP contribution in [-0.2, 0) is 4.79 Å². The van der Waals surface area contributed by atoms with Crippen molar-refractivity contribution in [2.75, 3.05) is 19.6 Å². The molecule has 100 valence electrons. The highest BCUT2D eigenvalue weighted by molar-refractivity contribution is 5.81. The summed E-state index contributed by atoms with van der Waals surface area (Å²) in [6, 6.07) is -0.00488. The van der Waals surface area contributed by atoms with Crippen LogP contribution in [0.4, 0.5) is 0 Å². The summed E-state index contributed by atoms with van der Waals surface area (Å²) in [6.45, 7) is 7.11. The van der Waals surface area contributed by atoms with Crippen molar-refractivity contribution < 1.29 is 4.79 Å². The Morgan fingerprint density at radius 1 is 1.18 bits per heavy atom. The van der Waals surface area contributed by atoms with Crippen LogP contribution in [0.1, 0.15) is 58.8 Å². The third-order valence-corrected chi connectivity index (χ3v) is 3.52. The Hall–Kier alpha value is -0.570. The van der Waals surface area contributed by atoms with Gasteiger partial charge in [-0.3, -0.25) is 4.79 Å². The van der Waals surface area contributed by atoms with Crippen molar-refractivity contribution in [2.24, 2.45) is 0 Å². The molecule has 1 rings (SSSR count).